The van der Waals surface area contributed by atoms with Crippen LogP contribution in [0.15, 0.2) is 24.3 Å². The Hall–Kier alpha value is -1.92. The van der Waals surface area contributed by atoms with Crippen LogP contribution < -0.4 is 10.6 Å². The van der Waals surface area contributed by atoms with Gasteiger partial charge < -0.3 is 20.3 Å². The highest BCUT2D eigenvalue weighted by molar-refractivity contribution is 5.96. The largest absolute Gasteiger partial charge is 0.378 e. The first kappa shape index (κ1) is 17.9. The van der Waals surface area contributed by atoms with Crippen molar-refractivity contribution in [2.24, 2.45) is 0 Å². The highest BCUT2D eigenvalue weighted by Crippen LogP contribution is 2.17. The smallest absolute Gasteiger partial charge is 0.254 e. The summed E-state index contributed by atoms with van der Waals surface area (Å²) in [5.74, 6) is -0.0297. The molecule has 0 atom stereocenters. The maximum Gasteiger partial charge on any atom is 0.254 e. The molecule has 2 N–H and O–H groups in total. The molecule has 6 nitrogen and oxygen atoms in total. The zero-order valence-corrected chi connectivity index (χ0v) is 14.6. The Bertz CT molecular complexity index is 576. The lowest BCUT2D eigenvalue weighted by molar-refractivity contribution is -0.115. The maximum atomic E-state index is 12.4. The van der Waals surface area contributed by atoms with E-state index in [1.807, 2.05) is 0 Å². The SMILES string of the molecule is O=C(CNC1CCCCC1)Nc1ccc(C(=O)N2CCOCC2)cc1. The molecule has 6 heteroatoms. The summed E-state index contributed by atoms with van der Waals surface area (Å²) in [6.07, 6.45) is 6.12. The van der Waals surface area contributed by atoms with E-state index < -0.39 is 0 Å². The van der Waals surface area contributed by atoms with Crippen molar-refractivity contribution in [3.8, 4) is 0 Å². The molecular weight excluding hydrogens is 318 g/mol. The second kappa shape index (κ2) is 8.97. The van der Waals surface area contributed by atoms with Gasteiger partial charge in [0.2, 0.25) is 5.91 Å². The molecule has 25 heavy (non-hydrogen) atoms. The van der Waals surface area contributed by atoms with E-state index in [4.69, 9.17) is 4.74 Å². The van der Waals surface area contributed by atoms with E-state index in [1.54, 1.807) is 29.2 Å². The van der Waals surface area contributed by atoms with Gasteiger partial charge in [0.1, 0.15) is 0 Å². The summed E-state index contributed by atoms with van der Waals surface area (Å²) < 4.78 is 5.27. The molecule has 1 aliphatic heterocycles. The summed E-state index contributed by atoms with van der Waals surface area (Å²) >= 11 is 0. The monoisotopic (exact) mass is 345 g/mol. The molecule has 1 heterocycles. The Kier molecular flexibility index (Phi) is 6.42. The number of hydrogen-bond acceptors (Lipinski definition) is 4. The number of anilines is 1. The van der Waals surface area contributed by atoms with Gasteiger partial charge in [0, 0.05) is 30.4 Å². The molecule has 0 aromatic heterocycles. The van der Waals surface area contributed by atoms with Crippen LogP contribution in [0.5, 0.6) is 0 Å². The fourth-order valence-electron chi connectivity index (χ4n) is 3.39. The van der Waals surface area contributed by atoms with E-state index in [1.165, 1.54) is 19.3 Å². The van der Waals surface area contributed by atoms with Crippen LogP contribution >= 0.6 is 0 Å². The van der Waals surface area contributed by atoms with Crippen molar-refractivity contribution in [3.05, 3.63) is 29.8 Å². The van der Waals surface area contributed by atoms with E-state index in [0.29, 0.717) is 50.1 Å². The number of hydrogen-bond donors (Lipinski definition) is 2. The van der Waals surface area contributed by atoms with Crippen LogP contribution in [0.1, 0.15) is 42.5 Å². The quantitative estimate of drug-likeness (QED) is 0.856. The van der Waals surface area contributed by atoms with Crippen molar-refractivity contribution in [1.29, 1.82) is 0 Å². The number of nitrogens with zero attached hydrogens (tertiary/aromatic N) is 1. The average molecular weight is 345 g/mol. The Morgan fingerprint density at radius 2 is 1.72 bits per heavy atom. The molecule has 1 aliphatic carbocycles. The highest BCUT2D eigenvalue weighted by atomic mass is 16.5. The van der Waals surface area contributed by atoms with Crippen molar-refractivity contribution in [2.75, 3.05) is 38.2 Å². The van der Waals surface area contributed by atoms with Crippen molar-refractivity contribution in [2.45, 2.75) is 38.1 Å². The first-order valence-electron chi connectivity index (χ1n) is 9.23. The second-order valence-electron chi connectivity index (χ2n) is 6.75. The van der Waals surface area contributed by atoms with Crippen LogP contribution in [-0.2, 0) is 9.53 Å². The van der Waals surface area contributed by atoms with E-state index in [2.05, 4.69) is 10.6 Å². The molecule has 2 aliphatic rings. The summed E-state index contributed by atoms with van der Waals surface area (Å²) in [6, 6.07) is 7.57. The van der Waals surface area contributed by atoms with Gasteiger partial charge in [-0.05, 0) is 37.1 Å². The molecule has 136 valence electrons. The number of carbonyl (C=O) groups excluding carboxylic acids is 2. The highest BCUT2D eigenvalue weighted by Gasteiger charge is 2.18. The second-order valence-corrected chi connectivity index (χ2v) is 6.75. The Morgan fingerprint density at radius 1 is 1.04 bits per heavy atom. The zero-order chi connectivity index (χ0) is 17.5. The van der Waals surface area contributed by atoms with Gasteiger partial charge in [-0.1, -0.05) is 19.3 Å². The summed E-state index contributed by atoms with van der Waals surface area (Å²) in [4.78, 5) is 26.2. The fourth-order valence-corrected chi connectivity index (χ4v) is 3.39. The molecule has 1 saturated carbocycles. The van der Waals surface area contributed by atoms with Gasteiger partial charge in [-0.3, -0.25) is 9.59 Å². The van der Waals surface area contributed by atoms with Crippen LogP contribution in [0.4, 0.5) is 5.69 Å². The first-order chi connectivity index (χ1) is 12.2. The van der Waals surface area contributed by atoms with Gasteiger partial charge in [-0.15, -0.1) is 0 Å². The molecule has 1 aromatic rings. The van der Waals surface area contributed by atoms with Gasteiger partial charge in [0.05, 0.1) is 19.8 Å². The van der Waals surface area contributed by atoms with E-state index in [0.717, 1.165) is 12.8 Å². The molecule has 1 saturated heterocycles. The molecule has 2 amide bonds. The summed E-state index contributed by atoms with van der Waals surface area (Å²) in [7, 11) is 0. The van der Waals surface area contributed by atoms with Crippen LogP contribution in [0.2, 0.25) is 0 Å². The van der Waals surface area contributed by atoms with E-state index in [9.17, 15) is 9.59 Å². The third-order valence-electron chi connectivity index (χ3n) is 4.87. The number of morpholine rings is 1. The third-order valence-corrected chi connectivity index (χ3v) is 4.87. The van der Waals surface area contributed by atoms with Crippen LogP contribution in [0.3, 0.4) is 0 Å². The number of benzene rings is 1. The molecule has 2 fully saturated rings. The first-order valence-corrected chi connectivity index (χ1v) is 9.23. The van der Waals surface area contributed by atoms with Crippen molar-refractivity contribution in [1.82, 2.24) is 10.2 Å². The predicted molar refractivity (Wildman–Crippen MR) is 96.7 cm³/mol. The van der Waals surface area contributed by atoms with Gasteiger partial charge in [-0.25, -0.2) is 0 Å². The predicted octanol–water partition coefficient (Wildman–Crippen LogP) is 2.02. The van der Waals surface area contributed by atoms with Crippen molar-refractivity contribution in [3.63, 3.8) is 0 Å². The Labute approximate surface area is 148 Å². The van der Waals surface area contributed by atoms with E-state index in [-0.39, 0.29) is 11.8 Å². The molecule has 0 bridgehead atoms. The third kappa shape index (κ3) is 5.28. The fraction of sp³-hybridized carbons (Fsp3) is 0.579. The van der Waals surface area contributed by atoms with Crippen molar-refractivity contribution >= 4 is 17.5 Å². The number of nitrogens with one attached hydrogen (secondary N) is 2. The lowest BCUT2D eigenvalue weighted by atomic mass is 9.95. The van der Waals surface area contributed by atoms with Crippen LogP contribution in [0.25, 0.3) is 0 Å². The minimum Gasteiger partial charge on any atom is -0.378 e. The molecule has 1 aromatic carbocycles. The van der Waals surface area contributed by atoms with Gasteiger partial charge in [0.15, 0.2) is 0 Å². The number of carbonyl (C=O) groups is 2. The van der Waals surface area contributed by atoms with E-state index >= 15 is 0 Å². The molecular formula is C19H27N3O3. The molecule has 0 spiro atoms. The maximum absolute atomic E-state index is 12.4. The summed E-state index contributed by atoms with van der Waals surface area (Å²) in [5, 5.41) is 6.21. The molecule has 3 rings (SSSR count). The standard InChI is InChI=1S/C19H27N3O3/c23-18(14-20-16-4-2-1-3-5-16)21-17-8-6-15(7-9-17)19(24)22-10-12-25-13-11-22/h6-9,16,20H,1-5,10-14H2,(H,21,23). The van der Waals surface area contributed by atoms with Crippen LogP contribution in [0, 0.1) is 0 Å². The lowest BCUT2D eigenvalue weighted by Gasteiger charge is -2.26. The normalized spacial score (nSPS) is 18.8. The number of rotatable bonds is 5. The van der Waals surface area contributed by atoms with Gasteiger partial charge in [-0.2, -0.15) is 0 Å². The van der Waals surface area contributed by atoms with Crippen LogP contribution in [-0.4, -0.2) is 55.6 Å². The average Bonchev–Trinajstić information content (AvgIpc) is 2.68. The minimum atomic E-state index is -0.0437. The Balaban J connectivity index is 1.46. The number of amides is 2. The summed E-state index contributed by atoms with van der Waals surface area (Å²) in [5.41, 5.74) is 1.36. The lowest BCUT2D eigenvalue weighted by Crippen LogP contribution is -2.40. The molecule has 0 unspecified atom stereocenters. The van der Waals surface area contributed by atoms with Gasteiger partial charge in [0.25, 0.3) is 5.91 Å². The minimum absolute atomic E-state index is 0.0140. The summed E-state index contributed by atoms with van der Waals surface area (Å²) in [6.45, 7) is 2.77. The van der Waals surface area contributed by atoms with Crippen molar-refractivity contribution < 1.29 is 14.3 Å². The Morgan fingerprint density at radius 3 is 2.40 bits per heavy atom. The van der Waals surface area contributed by atoms with Gasteiger partial charge >= 0.3 is 0 Å². The molecule has 0 radical (unpaired) electrons. The zero-order valence-electron chi connectivity index (χ0n) is 14.6. The topological polar surface area (TPSA) is 70.7 Å². The number of ether oxygens (including phenoxy) is 1.